The number of hydrogen-bond acceptors (Lipinski definition) is 3. The summed E-state index contributed by atoms with van der Waals surface area (Å²) in [6.45, 7) is 1.72. The molecule has 1 saturated carbocycles. The van der Waals surface area contributed by atoms with Gasteiger partial charge in [-0.1, -0.05) is 12.8 Å². The zero-order valence-electron chi connectivity index (χ0n) is 14.5. The average Bonchev–Trinajstić information content (AvgIpc) is 3.09. The van der Waals surface area contributed by atoms with Crippen molar-refractivity contribution < 1.29 is 18.4 Å². The molecule has 2 amide bonds. The van der Waals surface area contributed by atoms with Crippen LogP contribution in [0.3, 0.4) is 0 Å². The van der Waals surface area contributed by atoms with Crippen LogP contribution in [-0.4, -0.2) is 66.3 Å². The molecule has 1 atom stereocenters. The van der Waals surface area contributed by atoms with E-state index in [1.54, 1.807) is 4.90 Å². The summed E-state index contributed by atoms with van der Waals surface area (Å²) >= 11 is 0. The monoisotopic (exact) mass is 379 g/mol. The summed E-state index contributed by atoms with van der Waals surface area (Å²) < 4.78 is 26.6. The van der Waals surface area contributed by atoms with Gasteiger partial charge in [0.05, 0.1) is 12.6 Å². The topological polar surface area (TPSA) is 52.7 Å². The van der Waals surface area contributed by atoms with E-state index in [9.17, 15) is 18.4 Å². The fourth-order valence-electron chi connectivity index (χ4n) is 4.09. The molecule has 8 heteroatoms. The maximum Gasteiger partial charge on any atom is 0.262 e. The van der Waals surface area contributed by atoms with Crippen molar-refractivity contribution in [3.05, 3.63) is 0 Å². The van der Waals surface area contributed by atoms with Crippen molar-refractivity contribution in [3.8, 4) is 0 Å². The molecular formula is C17H28ClF2N3O2. The molecule has 3 fully saturated rings. The number of nitrogens with one attached hydrogen (secondary N) is 1. The van der Waals surface area contributed by atoms with Gasteiger partial charge in [-0.3, -0.25) is 14.9 Å². The van der Waals surface area contributed by atoms with E-state index < -0.39 is 24.9 Å². The van der Waals surface area contributed by atoms with Crippen LogP contribution < -0.4 is 5.32 Å². The highest BCUT2D eigenvalue weighted by molar-refractivity contribution is 5.85. The molecule has 0 aromatic heterocycles. The Morgan fingerprint density at radius 2 is 1.64 bits per heavy atom. The first kappa shape index (κ1) is 20.4. The average molecular weight is 380 g/mol. The first-order chi connectivity index (χ1) is 11.4. The Morgan fingerprint density at radius 3 is 2.28 bits per heavy atom. The third-order valence-corrected chi connectivity index (χ3v) is 5.51. The van der Waals surface area contributed by atoms with Crippen LogP contribution in [0.25, 0.3) is 0 Å². The van der Waals surface area contributed by atoms with E-state index >= 15 is 0 Å². The van der Waals surface area contributed by atoms with E-state index in [2.05, 4.69) is 5.32 Å². The zero-order chi connectivity index (χ0) is 17.2. The van der Waals surface area contributed by atoms with Crippen LogP contribution >= 0.6 is 12.4 Å². The van der Waals surface area contributed by atoms with Gasteiger partial charge in [0.25, 0.3) is 5.92 Å². The summed E-state index contributed by atoms with van der Waals surface area (Å²) in [7, 11) is 0. The Morgan fingerprint density at radius 1 is 1.00 bits per heavy atom. The Labute approximate surface area is 153 Å². The summed E-state index contributed by atoms with van der Waals surface area (Å²) in [5, 5.41) is 2.62. The van der Waals surface area contributed by atoms with Crippen LogP contribution in [0, 0.1) is 5.92 Å². The number of carbonyl (C=O) groups excluding carboxylic acids is 2. The van der Waals surface area contributed by atoms with Gasteiger partial charge in [-0.25, -0.2) is 8.78 Å². The van der Waals surface area contributed by atoms with Crippen LogP contribution in [0.15, 0.2) is 0 Å². The first-order valence-corrected chi connectivity index (χ1v) is 9.12. The molecule has 2 saturated heterocycles. The molecule has 0 aromatic carbocycles. The van der Waals surface area contributed by atoms with E-state index in [4.69, 9.17) is 0 Å². The van der Waals surface area contributed by atoms with Gasteiger partial charge in [0.2, 0.25) is 11.8 Å². The molecular weight excluding hydrogens is 352 g/mol. The minimum absolute atomic E-state index is 0. The largest absolute Gasteiger partial charge is 0.341 e. The van der Waals surface area contributed by atoms with Crippen molar-refractivity contribution in [2.75, 3.05) is 32.7 Å². The highest BCUT2D eigenvalue weighted by Gasteiger charge is 2.43. The lowest BCUT2D eigenvalue weighted by atomic mass is 10.0. The van der Waals surface area contributed by atoms with Crippen LogP contribution in [0.1, 0.15) is 44.9 Å². The van der Waals surface area contributed by atoms with E-state index in [1.165, 1.54) is 12.8 Å². The Balaban J connectivity index is 0.00000225. The van der Waals surface area contributed by atoms with Crippen molar-refractivity contribution in [3.63, 3.8) is 0 Å². The predicted octanol–water partition coefficient (Wildman–Crippen LogP) is 2.05. The maximum atomic E-state index is 13.3. The minimum Gasteiger partial charge on any atom is -0.341 e. The van der Waals surface area contributed by atoms with Crippen LogP contribution in [0.2, 0.25) is 0 Å². The minimum atomic E-state index is -2.80. The second-order valence-corrected chi connectivity index (χ2v) is 7.41. The van der Waals surface area contributed by atoms with Gasteiger partial charge in [-0.2, -0.15) is 0 Å². The van der Waals surface area contributed by atoms with Crippen LogP contribution in [-0.2, 0) is 9.59 Å². The van der Waals surface area contributed by atoms with Gasteiger partial charge in [0.15, 0.2) is 0 Å². The standard InChI is InChI=1S/C17H27F2N3O2.ClH/c18-17(19)11-14(20-12-17)16(24)22-7-3-6-21(8-9-22)15(23)10-13-4-1-2-5-13;/h13-14,20H,1-12H2;1H. The van der Waals surface area contributed by atoms with E-state index in [0.29, 0.717) is 44.9 Å². The first-order valence-electron chi connectivity index (χ1n) is 9.12. The number of amides is 2. The summed E-state index contributed by atoms with van der Waals surface area (Å²) in [5.74, 6) is -2.35. The number of halogens is 3. The molecule has 0 aromatic rings. The number of nitrogens with zero attached hydrogens (tertiary/aromatic N) is 2. The quantitative estimate of drug-likeness (QED) is 0.816. The molecule has 2 aliphatic heterocycles. The second kappa shape index (κ2) is 8.62. The van der Waals surface area contributed by atoms with Crippen molar-refractivity contribution in [2.24, 2.45) is 5.92 Å². The van der Waals surface area contributed by atoms with E-state index in [0.717, 1.165) is 12.8 Å². The number of rotatable bonds is 3. The Bertz CT molecular complexity index is 487. The van der Waals surface area contributed by atoms with Crippen LogP contribution in [0.5, 0.6) is 0 Å². The normalized spacial score (nSPS) is 27.0. The number of alkyl halides is 2. The van der Waals surface area contributed by atoms with Gasteiger partial charge in [-0.05, 0) is 25.2 Å². The zero-order valence-corrected chi connectivity index (χ0v) is 15.3. The number of carbonyl (C=O) groups is 2. The maximum absolute atomic E-state index is 13.3. The molecule has 0 spiro atoms. The molecule has 25 heavy (non-hydrogen) atoms. The lowest BCUT2D eigenvalue weighted by Crippen LogP contribution is -2.45. The third kappa shape index (κ3) is 5.26. The molecule has 0 bridgehead atoms. The highest BCUT2D eigenvalue weighted by atomic mass is 35.5. The number of hydrogen-bond donors (Lipinski definition) is 1. The smallest absolute Gasteiger partial charge is 0.262 e. The molecule has 1 unspecified atom stereocenters. The highest BCUT2D eigenvalue weighted by Crippen LogP contribution is 2.28. The van der Waals surface area contributed by atoms with Gasteiger partial charge in [0.1, 0.15) is 0 Å². The van der Waals surface area contributed by atoms with Crippen molar-refractivity contribution in [1.29, 1.82) is 0 Å². The van der Waals surface area contributed by atoms with Gasteiger partial charge in [-0.15, -0.1) is 12.4 Å². The van der Waals surface area contributed by atoms with Crippen molar-refractivity contribution >= 4 is 24.2 Å². The summed E-state index contributed by atoms with van der Waals surface area (Å²) in [4.78, 5) is 28.3. The molecule has 1 N–H and O–H groups in total. The third-order valence-electron chi connectivity index (χ3n) is 5.51. The molecule has 3 aliphatic rings. The SMILES string of the molecule is Cl.O=C(CC1CCCC1)N1CCCN(C(=O)C2CC(F)(F)CN2)CC1. The fourth-order valence-corrected chi connectivity index (χ4v) is 4.09. The summed E-state index contributed by atoms with van der Waals surface area (Å²) in [6.07, 6.45) is 5.64. The van der Waals surface area contributed by atoms with Gasteiger partial charge >= 0.3 is 0 Å². The lowest BCUT2D eigenvalue weighted by Gasteiger charge is -2.25. The Kier molecular flexibility index (Phi) is 7.02. The lowest BCUT2D eigenvalue weighted by molar-refractivity contribution is -0.135. The fraction of sp³-hybridized carbons (Fsp3) is 0.882. The van der Waals surface area contributed by atoms with Gasteiger partial charge < -0.3 is 9.80 Å². The molecule has 5 nitrogen and oxygen atoms in total. The van der Waals surface area contributed by atoms with E-state index in [-0.39, 0.29) is 24.2 Å². The second-order valence-electron chi connectivity index (χ2n) is 7.41. The van der Waals surface area contributed by atoms with E-state index in [1.807, 2.05) is 4.90 Å². The summed E-state index contributed by atoms with van der Waals surface area (Å²) in [5.41, 5.74) is 0. The Hall–Kier alpha value is -0.950. The van der Waals surface area contributed by atoms with Crippen molar-refractivity contribution in [2.45, 2.75) is 56.9 Å². The molecule has 1 aliphatic carbocycles. The van der Waals surface area contributed by atoms with Crippen molar-refractivity contribution in [1.82, 2.24) is 15.1 Å². The molecule has 3 rings (SSSR count). The van der Waals surface area contributed by atoms with Gasteiger partial charge in [0, 0.05) is 39.0 Å². The molecule has 0 radical (unpaired) electrons. The summed E-state index contributed by atoms with van der Waals surface area (Å²) in [6, 6.07) is -0.791. The van der Waals surface area contributed by atoms with Crippen LogP contribution in [0.4, 0.5) is 8.78 Å². The molecule has 2 heterocycles. The predicted molar refractivity (Wildman–Crippen MR) is 93.0 cm³/mol. The molecule has 144 valence electrons.